The highest BCUT2D eigenvalue weighted by Gasteiger charge is 2.13. The van der Waals surface area contributed by atoms with Crippen LogP contribution in [0.5, 0.6) is 0 Å². The lowest BCUT2D eigenvalue weighted by molar-refractivity contribution is -0.384. The average molecular weight is 320 g/mol. The number of oxime groups is 1. The summed E-state index contributed by atoms with van der Waals surface area (Å²) in [6.07, 6.45) is 0. The van der Waals surface area contributed by atoms with Crippen molar-refractivity contribution in [3.63, 3.8) is 0 Å². The van der Waals surface area contributed by atoms with Crippen molar-refractivity contribution in [3.8, 4) is 0 Å². The molecule has 0 heterocycles. The van der Waals surface area contributed by atoms with Crippen molar-refractivity contribution in [2.24, 2.45) is 10.9 Å². The van der Waals surface area contributed by atoms with Gasteiger partial charge in [-0.3, -0.25) is 10.1 Å². The molecule has 0 amide bonds. The fraction of sp³-hybridized carbons (Fsp3) is 0. The molecule has 0 saturated carbocycles. The number of non-ortho nitro benzene ring substituents is 1. The Morgan fingerprint density at radius 1 is 1.18 bits per heavy atom. The van der Waals surface area contributed by atoms with Gasteiger partial charge in [-0.05, 0) is 30.3 Å². The molecule has 0 fully saturated rings. The van der Waals surface area contributed by atoms with E-state index in [1.54, 1.807) is 24.3 Å². The number of carbonyl (C=O) groups is 1. The molecular weight excluding hydrogens is 310 g/mol. The molecule has 2 N–H and O–H groups in total. The van der Waals surface area contributed by atoms with Crippen LogP contribution in [0.3, 0.4) is 0 Å². The number of rotatable bonds is 4. The number of hydrogen-bond acceptors (Lipinski definition) is 5. The van der Waals surface area contributed by atoms with Crippen molar-refractivity contribution in [3.05, 3.63) is 74.8 Å². The Hall–Kier alpha value is -2.93. The van der Waals surface area contributed by atoms with Gasteiger partial charge >= 0.3 is 5.97 Å². The van der Waals surface area contributed by atoms with Gasteiger partial charge in [-0.15, -0.1) is 0 Å². The molecular formula is C14H10ClN3O4. The monoisotopic (exact) mass is 319 g/mol. The standard InChI is InChI=1S/C14H10ClN3O4/c15-11-6-4-9(5-7-11)13(16)17-22-14(19)10-2-1-3-12(8-10)18(20)21/h1-8H,(H2,16,17). The molecule has 0 unspecified atom stereocenters. The maximum absolute atomic E-state index is 11.8. The van der Waals surface area contributed by atoms with Crippen LogP contribution in [0.1, 0.15) is 15.9 Å². The van der Waals surface area contributed by atoms with Gasteiger partial charge in [-0.25, -0.2) is 4.79 Å². The number of nitro groups is 1. The molecule has 0 radical (unpaired) electrons. The second kappa shape index (κ2) is 6.68. The fourth-order valence-electron chi connectivity index (χ4n) is 1.56. The summed E-state index contributed by atoms with van der Waals surface area (Å²) in [4.78, 5) is 26.5. The van der Waals surface area contributed by atoms with Gasteiger partial charge in [0.05, 0.1) is 10.5 Å². The number of nitrogens with two attached hydrogens (primary N) is 1. The SMILES string of the molecule is N/C(=N\OC(=O)c1cccc([N+](=O)[O-])c1)c1ccc(Cl)cc1. The predicted octanol–water partition coefficient (Wildman–Crippen LogP) is 2.73. The Labute approximate surface area is 130 Å². The second-order valence-corrected chi connectivity index (χ2v) is 4.61. The van der Waals surface area contributed by atoms with E-state index in [2.05, 4.69) is 9.99 Å². The number of benzene rings is 2. The lowest BCUT2D eigenvalue weighted by atomic mass is 10.2. The topological polar surface area (TPSA) is 108 Å². The van der Waals surface area contributed by atoms with E-state index in [1.165, 1.54) is 18.2 Å². The summed E-state index contributed by atoms with van der Waals surface area (Å²) >= 11 is 5.74. The number of nitro benzene ring substituents is 1. The quantitative estimate of drug-likeness (QED) is 0.306. The average Bonchev–Trinajstić information content (AvgIpc) is 2.53. The molecule has 0 saturated heterocycles. The molecule has 0 spiro atoms. The van der Waals surface area contributed by atoms with Crippen LogP contribution in [-0.4, -0.2) is 16.7 Å². The third-order valence-corrected chi connectivity index (χ3v) is 2.91. The van der Waals surface area contributed by atoms with E-state index in [0.29, 0.717) is 10.6 Å². The molecule has 0 atom stereocenters. The molecule has 0 bridgehead atoms. The Morgan fingerprint density at radius 2 is 1.86 bits per heavy atom. The summed E-state index contributed by atoms with van der Waals surface area (Å²) in [6.45, 7) is 0. The fourth-order valence-corrected chi connectivity index (χ4v) is 1.69. The molecule has 22 heavy (non-hydrogen) atoms. The lowest BCUT2D eigenvalue weighted by Crippen LogP contribution is -2.15. The molecule has 112 valence electrons. The maximum Gasteiger partial charge on any atom is 0.366 e. The van der Waals surface area contributed by atoms with Crippen molar-refractivity contribution >= 4 is 29.1 Å². The second-order valence-electron chi connectivity index (χ2n) is 4.17. The molecule has 0 aromatic heterocycles. The number of amidine groups is 1. The van der Waals surface area contributed by atoms with Gasteiger partial charge in [0.2, 0.25) is 0 Å². The van der Waals surface area contributed by atoms with E-state index >= 15 is 0 Å². The minimum Gasteiger partial charge on any atom is -0.380 e. The normalized spacial score (nSPS) is 11.0. The first-order valence-electron chi connectivity index (χ1n) is 6.02. The number of hydrogen-bond donors (Lipinski definition) is 1. The minimum absolute atomic E-state index is 0.00172. The van der Waals surface area contributed by atoms with Crippen LogP contribution >= 0.6 is 11.6 Å². The highest BCUT2D eigenvalue weighted by Crippen LogP contribution is 2.14. The first-order valence-corrected chi connectivity index (χ1v) is 6.40. The van der Waals surface area contributed by atoms with Crippen LogP contribution < -0.4 is 5.73 Å². The molecule has 2 rings (SSSR count). The van der Waals surface area contributed by atoms with Gasteiger partial charge in [0.25, 0.3) is 5.69 Å². The number of nitrogens with zero attached hydrogens (tertiary/aromatic N) is 2. The number of halogens is 1. The zero-order chi connectivity index (χ0) is 16.1. The van der Waals surface area contributed by atoms with Gasteiger partial charge in [-0.2, -0.15) is 0 Å². The van der Waals surface area contributed by atoms with Crippen molar-refractivity contribution in [1.29, 1.82) is 0 Å². The Bertz CT molecular complexity index is 744. The van der Waals surface area contributed by atoms with Crippen LogP contribution in [0.4, 0.5) is 5.69 Å². The predicted molar refractivity (Wildman–Crippen MR) is 80.7 cm³/mol. The summed E-state index contributed by atoms with van der Waals surface area (Å²) in [5.74, 6) is -0.865. The smallest absolute Gasteiger partial charge is 0.366 e. The van der Waals surface area contributed by atoms with E-state index in [9.17, 15) is 14.9 Å². The van der Waals surface area contributed by atoms with Gasteiger partial charge in [0.15, 0.2) is 5.84 Å². The van der Waals surface area contributed by atoms with Crippen LogP contribution in [0, 0.1) is 10.1 Å². The summed E-state index contributed by atoms with van der Waals surface area (Å²) < 4.78 is 0. The van der Waals surface area contributed by atoms with Crippen LogP contribution in [0.2, 0.25) is 5.02 Å². The Balaban J connectivity index is 2.11. The molecule has 0 aliphatic carbocycles. The molecule has 2 aromatic rings. The van der Waals surface area contributed by atoms with E-state index in [-0.39, 0.29) is 17.1 Å². The van der Waals surface area contributed by atoms with Gasteiger partial charge in [-0.1, -0.05) is 22.8 Å². The minimum atomic E-state index is -0.847. The molecule has 7 nitrogen and oxygen atoms in total. The summed E-state index contributed by atoms with van der Waals surface area (Å²) in [6, 6.07) is 11.6. The number of carbonyl (C=O) groups excluding carboxylic acids is 1. The van der Waals surface area contributed by atoms with Gasteiger partial charge in [0.1, 0.15) is 0 Å². The maximum atomic E-state index is 11.8. The summed E-state index contributed by atoms with van der Waals surface area (Å²) in [5.41, 5.74) is 5.98. The van der Waals surface area contributed by atoms with Crippen molar-refractivity contribution in [2.75, 3.05) is 0 Å². The van der Waals surface area contributed by atoms with Crippen LogP contribution in [0.25, 0.3) is 0 Å². The molecule has 0 aliphatic rings. The van der Waals surface area contributed by atoms with Gasteiger partial charge in [0, 0.05) is 22.7 Å². The highest BCUT2D eigenvalue weighted by molar-refractivity contribution is 6.30. The zero-order valence-corrected chi connectivity index (χ0v) is 11.9. The van der Waals surface area contributed by atoms with E-state index < -0.39 is 10.9 Å². The molecule has 8 heteroatoms. The lowest BCUT2D eigenvalue weighted by Gasteiger charge is -2.01. The molecule has 2 aromatic carbocycles. The van der Waals surface area contributed by atoms with Crippen LogP contribution in [-0.2, 0) is 4.84 Å². The largest absolute Gasteiger partial charge is 0.380 e. The van der Waals surface area contributed by atoms with E-state index in [0.717, 1.165) is 6.07 Å². The first kappa shape index (κ1) is 15.5. The van der Waals surface area contributed by atoms with E-state index in [4.69, 9.17) is 17.3 Å². The highest BCUT2D eigenvalue weighted by atomic mass is 35.5. The third-order valence-electron chi connectivity index (χ3n) is 2.66. The Morgan fingerprint density at radius 3 is 2.50 bits per heavy atom. The zero-order valence-electron chi connectivity index (χ0n) is 11.1. The summed E-state index contributed by atoms with van der Waals surface area (Å²) in [5, 5.41) is 14.7. The van der Waals surface area contributed by atoms with Crippen molar-refractivity contribution in [2.45, 2.75) is 0 Å². The first-order chi connectivity index (χ1) is 10.5. The summed E-state index contributed by atoms with van der Waals surface area (Å²) in [7, 11) is 0. The van der Waals surface area contributed by atoms with Crippen molar-refractivity contribution < 1.29 is 14.6 Å². The van der Waals surface area contributed by atoms with E-state index in [1.807, 2.05) is 0 Å². The van der Waals surface area contributed by atoms with Crippen LogP contribution in [0.15, 0.2) is 53.7 Å². The molecule has 0 aliphatic heterocycles. The Kier molecular flexibility index (Phi) is 4.70. The van der Waals surface area contributed by atoms with Gasteiger partial charge < -0.3 is 10.6 Å². The third kappa shape index (κ3) is 3.80. The van der Waals surface area contributed by atoms with Crippen molar-refractivity contribution in [1.82, 2.24) is 0 Å².